The van der Waals surface area contributed by atoms with Crippen LogP contribution in [0.3, 0.4) is 0 Å². The number of nitrogens with zero attached hydrogens (tertiary/aromatic N) is 1. The van der Waals surface area contributed by atoms with E-state index in [9.17, 15) is 9.59 Å². The number of methoxy groups -OCH3 is 1. The molecule has 1 saturated heterocycles. The average Bonchev–Trinajstić information content (AvgIpc) is 2.73. The lowest BCUT2D eigenvalue weighted by Gasteiger charge is -2.22. The fourth-order valence-corrected chi connectivity index (χ4v) is 2.49. The molecule has 1 N–H and O–H groups in total. The third kappa shape index (κ3) is 3.70. The predicted octanol–water partition coefficient (Wildman–Crippen LogP) is 1.51. The zero-order valence-corrected chi connectivity index (χ0v) is 11.4. The molecule has 5 heteroatoms. The zero-order valence-electron chi connectivity index (χ0n) is 11.4. The van der Waals surface area contributed by atoms with Crippen molar-refractivity contribution in [1.82, 2.24) is 4.90 Å². The van der Waals surface area contributed by atoms with E-state index < -0.39 is 12.0 Å². The summed E-state index contributed by atoms with van der Waals surface area (Å²) in [5.41, 5.74) is 0. The Morgan fingerprint density at radius 3 is 2.67 bits per heavy atom. The van der Waals surface area contributed by atoms with Gasteiger partial charge in [-0.2, -0.15) is 0 Å². The van der Waals surface area contributed by atoms with Crippen LogP contribution in [-0.4, -0.2) is 47.7 Å². The smallest absolute Gasteiger partial charge is 0.326 e. The Kier molecular flexibility index (Phi) is 5.59. The van der Waals surface area contributed by atoms with Gasteiger partial charge in [0.25, 0.3) is 0 Å². The van der Waals surface area contributed by atoms with Gasteiger partial charge in [-0.25, -0.2) is 4.79 Å². The van der Waals surface area contributed by atoms with Gasteiger partial charge in [0.1, 0.15) is 6.04 Å². The molecule has 1 rings (SSSR count). The summed E-state index contributed by atoms with van der Waals surface area (Å²) in [6.07, 6.45) is 2.69. The van der Waals surface area contributed by atoms with Crippen LogP contribution in [0.15, 0.2) is 0 Å². The van der Waals surface area contributed by atoms with Crippen molar-refractivity contribution >= 4 is 11.9 Å². The quantitative estimate of drug-likeness (QED) is 0.783. The normalized spacial score (nSPS) is 25.2. The van der Waals surface area contributed by atoms with Crippen LogP contribution in [0.4, 0.5) is 0 Å². The van der Waals surface area contributed by atoms with Crippen LogP contribution in [0.25, 0.3) is 0 Å². The topological polar surface area (TPSA) is 66.8 Å². The van der Waals surface area contributed by atoms with Crippen molar-refractivity contribution in [2.75, 3.05) is 13.7 Å². The van der Waals surface area contributed by atoms with E-state index in [2.05, 4.69) is 6.92 Å². The molecular weight excluding hydrogens is 234 g/mol. The predicted molar refractivity (Wildman–Crippen MR) is 67.2 cm³/mol. The SMILES string of the molecule is CCCC(C)CC(=O)N1CC(OC)CC1C(=O)O. The standard InChI is InChI=1S/C13H23NO4/c1-4-5-9(2)6-12(15)14-8-10(18-3)7-11(14)13(16)17/h9-11H,4-8H2,1-3H3,(H,16,17). The van der Waals surface area contributed by atoms with Crippen molar-refractivity contribution in [3.05, 3.63) is 0 Å². The summed E-state index contributed by atoms with van der Waals surface area (Å²) < 4.78 is 5.17. The highest BCUT2D eigenvalue weighted by Gasteiger charge is 2.39. The molecule has 3 atom stereocenters. The number of amides is 1. The summed E-state index contributed by atoms with van der Waals surface area (Å²) in [4.78, 5) is 24.7. The molecule has 1 aliphatic heterocycles. The molecule has 1 aliphatic rings. The molecule has 18 heavy (non-hydrogen) atoms. The summed E-state index contributed by atoms with van der Waals surface area (Å²) in [5.74, 6) is -0.701. The minimum Gasteiger partial charge on any atom is -0.480 e. The Hall–Kier alpha value is -1.10. The second-order valence-corrected chi connectivity index (χ2v) is 5.09. The average molecular weight is 257 g/mol. The first-order valence-electron chi connectivity index (χ1n) is 6.54. The Morgan fingerprint density at radius 2 is 2.17 bits per heavy atom. The zero-order chi connectivity index (χ0) is 13.7. The molecule has 0 spiro atoms. The summed E-state index contributed by atoms with van der Waals surface area (Å²) in [7, 11) is 1.55. The molecule has 1 amide bonds. The molecule has 3 unspecified atom stereocenters. The van der Waals surface area contributed by atoms with E-state index in [-0.39, 0.29) is 12.0 Å². The van der Waals surface area contributed by atoms with Crippen LogP contribution in [0, 0.1) is 5.92 Å². The van der Waals surface area contributed by atoms with Crippen molar-refractivity contribution in [3.8, 4) is 0 Å². The molecular formula is C13H23NO4. The lowest BCUT2D eigenvalue weighted by atomic mass is 10.0. The summed E-state index contributed by atoms with van der Waals surface area (Å²) in [5, 5.41) is 9.13. The van der Waals surface area contributed by atoms with Crippen molar-refractivity contribution < 1.29 is 19.4 Å². The van der Waals surface area contributed by atoms with E-state index in [0.29, 0.717) is 25.3 Å². The summed E-state index contributed by atoms with van der Waals surface area (Å²) >= 11 is 0. The summed E-state index contributed by atoms with van der Waals surface area (Å²) in [6, 6.07) is -0.726. The number of carbonyl (C=O) groups excluding carboxylic acids is 1. The van der Waals surface area contributed by atoms with Gasteiger partial charge in [-0.05, 0) is 5.92 Å². The van der Waals surface area contributed by atoms with Gasteiger partial charge in [-0.3, -0.25) is 4.79 Å². The molecule has 0 bridgehead atoms. The highest BCUT2D eigenvalue weighted by Crippen LogP contribution is 2.23. The Morgan fingerprint density at radius 1 is 1.50 bits per heavy atom. The third-order valence-electron chi connectivity index (χ3n) is 3.51. The number of rotatable bonds is 6. The number of carboxylic acids is 1. The Labute approximate surface area is 108 Å². The van der Waals surface area contributed by atoms with Crippen molar-refractivity contribution in [3.63, 3.8) is 0 Å². The van der Waals surface area contributed by atoms with Crippen LogP contribution in [0.2, 0.25) is 0 Å². The largest absolute Gasteiger partial charge is 0.480 e. The first-order chi connectivity index (χ1) is 8.49. The number of carboxylic acid groups (broad SMARTS) is 1. The molecule has 0 saturated carbocycles. The molecule has 1 heterocycles. The number of aliphatic carboxylic acids is 1. The van der Waals surface area contributed by atoms with Crippen LogP contribution < -0.4 is 0 Å². The molecule has 5 nitrogen and oxygen atoms in total. The Balaban J connectivity index is 2.62. The lowest BCUT2D eigenvalue weighted by molar-refractivity contribution is -0.148. The van der Waals surface area contributed by atoms with Crippen molar-refractivity contribution in [1.29, 1.82) is 0 Å². The van der Waals surface area contributed by atoms with Crippen molar-refractivity contribution in [2.45, 2.75) is 51.7 Å². The van der Waals surface area contributed by atoms with Gasteiger partial charge in [-0.15, -0.1) is 0 Å². The van der Waals surface area contributed by atoms with Crippen LogP contribution in [0.1, 0.15) is 39.5 Å². The van der Waals surface area contributed by atoms with Gasteiger partial charge < -0.3 is 14.7 Å². The van der Waals surface area contributed by atoms with Gasteiger partial charge >= 0.3 is 5.97 Å². The molecule has 0 aliphatic carbocycles. The van der Waals surface area contributed by atoms with Gasteiger partial charge in [-0.1, -0.05) is 26.7 Å². The molecule has 1 fully saturated rings. The lowest BCUT2D eigenvalue weighted by Crippen LogP contribution is -2.41. The van der Waals surface area contributed by atoms with E-state index in [1.54, 1.807) is 7.11 Å². The van der Waals surface area contributed by atoms with E-state index in [0.717, 1.165) is 12.8 Å². The highest BCUT2D eigenvalue weighted by atomic mass is 16.5. The monoisotopic (exact) mass is 257 g/mol. The van der Waals surface area contributed by atoms with E-state index in [4.69, 9.17) is 9.84 Å². The van der Waals surface area contributed by atoms with Gasteiger partial charge in [0.05, 0.1) is 6.10 Å². The second-order valence-electron chi connectivity index (χ2n) is 5.09. The van der Waals surface area contributed by atoms with Crippen LogP contribution in [-0.2, 0) is 14.3 Å². The van der Waals surface area contributed by atoms with Gasteiger partial charge in [0.15, 0.2) is 0 Å². The number of carbonyl (C=O) groups is 2. The maximum absolute atomic E-state index is 12.1. The molecule has 104 valence electrons. The first kappa shape index (κ1) is 15.0. The molecule has 0 aromatic carbocycles. The number of hydrogen-bond acceptors (Lipinski definition) is 3. The highest BCUT2D eigenvalue weighted by molar-refractivity contribution is 5.84. The summed E-state index contributed by atoms with van der Waals surface area (Å²) in [6.45, 7) is 4.50. The number of ether oxygens (including phenoxy) is 1. The van der Waals surface area contributed by atoms with Crippen LogP contribution in [0.5, 0.6) is 0 Å². The maximum atomic E-state index is 12.1. The molecule has 0 aromatic heterocycles. The van der Waals surface area contributed by atoms with Crippen molar-refractivity contribution in [2.24, 2.45) is 5.92 Å². The Bertz CT molecular complexity index is 305. The fraction of sp³-hybridized carbons (Fsp3) is 0.846. The molecule has 0 aromatic rings. The van der Waals surface area contributed by atoms with Gasteiger partial charge in [0.2, 0.25) is 5.91 Å². The maximum Gasteiger partial charge on any atom is 0.326 e. The van der Waals surface area contributed by atoms with Gasteiger partial charge in [0, 0.05) is 26.5 Å². The fourth-order valence-electron chi connectivity index (χ4n) is 2.49. The van der Waals surface area contributed by atoms with E-state index in [1.165, 1.54) is 4.90 Å². The molecule has 0 radical (unpaired) electrons. The first-order valence-corrected chi connectivity index (χ1v) is 6.54. The van der Waals surface area contributed by atoms with Crippen LogP contribution >= 0.6 is 0 Å². The van der Waals surface area contributed by atoms with E-state index in [1.807, 2.05) is 6.92 Å². The third-order valence-corrected chi connectivity index (χ3v) is 3.51. The second kappa shape index (κ2) is 6.73. The van der Waals surface area contributed by atoms with E-state index >= 15 is 0 Å². The number of hydrogen-bond donors (Lipinski definition) is 1. The minimum atomic E-state index is -0.939. The number of likely N-dealkylation sites (tertiary alicyclic amines) is 1. The minimum absolute atomic E-state index is 0.0668.